The molecule has 0 rings (SSSR count). The molecule has 0 amide bonds. The van der Waals surface area contributed by atoms with Gasteiger partial charge in [0.1, 0.15) is 6.61 Å². The lowest BCUT2D eigenvalue weighted by Crippen LogP contribution is -2.50. The number of rotatable bonds is 41. The molecule has 0 saturated heterocycles. The molecule has 0 aromatic rings. The molecular formula is C50H88NO7+. The highest BCUT2D eigenvalue weighted by atomic mass is 16.6. The molecule has 2 unspecified atom stereocenters. The third-order valence-electron chi connectivity index (χ3n) is 10.2. The van der Waals surface area contributed by atoms with Crippen LogP contribution in [0.1, 0.15) is 187 Å². The van der Waals surface area contributed by atoms with Gasteiger partial charge in [-0.15, -0.1) is 0 Å². The summed E-state index contributed by atoms with van der Waals surface area (Å²) in [6, 6.07) is -0.624. The minimum absolute atomic E-state index is 0.0435. The Morgan fingerprint density at radius 3 is 1.47 bits per heavy atom. The van der Waals surface area contributed by atoms with Crippen LogP contribution < -0.4 is 0 Å². The fraction of sp³-hybridized carbons (Fsp3) is 0.740. The Balaban J connectivity index is 4.31. The molecule has 0 aromatic carbocycles. The fourth-order valence-corrected chi connectivity index (χ4v) is 6.55. The smallest absolute Gasteiger partial charge is 0.362 e. The molecule has 1 N–H and O–H groups in total. The maximum atomic E-state index is 12.7. The zero-order valence-corrected chi connectivity index (χ0v) is 38.0. The number of allylic oxidation sites excluding steroid dienone is 10. The number of carboxylic acid groups (broad SMARTS) is 1. The van der Waals surface area contributed by atoms with Crippen LogP contribution in [-0.2, 0) is 28.6 Å². The second-order valence-corrected chi connectivity index (χ2v) is 16.6. The summed E-state index contributed by atoms with van der Waals surface area (Å²) in [6.45, 7) is 4.56. The lowest BCUT2D eigenvalue weighted by Gasteiger charge is -2.31. The van der Waals surface area contributed by atoms with E-state index in [1.165, 1.54) is 83.5 Å². The van der Waals surface area contributed by atoms with Crippen molar-refractivity contribution < 1.29 is 38.2 Å². The minimum Gasteiger partial charge on any atom is -0.477 e. The summed E-state index contributed by atoms with van der Waals surface area (Å²) in [4.78, 5) is 37.0. The van der Waals surface area contributed by atoms with Gasteiger partial charge in [0.25, 0.3) is 0 Å². The molecule has 0 spiro atoms. The SMILES string of the molecule is CC/C=C/C/C=C/C/C=C/CCCCC(=O)OCC(COCCC(C(=O)O)[N+](C)(C)C)OC(=O)CCCCCCCCC/C=C/C/C=C/CCCCCCCCCC. The Labute approximate surface area is 356 Å². The van der Waals surface area contributed by atoms with Crippen molar-refractivity contribution in [2.24, 2.45) is 0 Å². The van der Waals surface area contributed by atoms with Crippen molar-refractivity contribution in [2.45, 2.75) is 199 Å². The summed E-state index contributed by atoms with van der Waals surface area (Å²) in [7, 11) is 5.51. The number of carbonyl (C=O) groups is 3. The first-order chi connectivity index (χ1) is 28.1. The van der Waals surface area contributed by atoms with Gasteiger partial charge in [-0.25, -0.2) is 4.79 Å². The van der Waals surface area contributed by atoms with E-state index in [0.717, 1.165) is 70.6 Å². The number of nitrogens with zero attached hydrogens (tertiary/aromatic N) is 1. The van der Waals surface area contributed by atoms with Gasteiger partial charge in [-0.3, -0.25) is 9.59 Å². The monoisotopic (exact) mass is 815 g/mol. The first-order valence-corrected chi connectivity index (χ1v) is 23.3. The first kappa shape index (κ1) is 55.0. The molecule has 0 heterocycles. The zero-order chi connectivity index (χ0) is 42.8. The van der Waals surface area contributed by atoms with Gasteiger partial charge in [-0.05, 0) is 77.0 Å². The highest BCUT2D eigenvalue weighted by Gasteiger charge is 2.31. The van der Waals surface area contributed by atoms with E-state index in [1.54, 1.807) is 0 Å². The molecule has 8 nitrogen and oxygen atoms in total. The van der Waals surface area contributed by atoms with Crippen molar-refractivity contribution in [3.8, 4) is 0 Å². The van der Waals surface area contributed by atoms with Gasteiger partial charge in [0, 0.05) is 19.3 Å². The molecule has 0 aliphatic heterocycles. The molecule has 0 radical (unpaired) electrons. The number of likely N-dealkylation sites (N-methyl/N-ethyl adjacent to an activating group) is 1. The zero-order valence-electron chi connectivity index (χ0n) is 38.0. The van der Waals surface area contributed by atoms with Gasteiger partial charge in [-0.2, -0.15) is 0 Å². The van der Waals surface area contributed by atoms with Crippen LogP contribution in [0.25, 0.3) is 0 Å². The van der Waals surface area contributed by atoms with E-state index >= 15 is 0 Å². The number of esters is 2. The number of unbranched alkanes of at least 4 members (excludes halogenated alkanes) is 17. The number of carbonyl (C=O) groups excluding carboxylic acids is 2. The van der Waals surface area contributed by atoms with Crippen molar-refractivity contribution in [3.05, 3.63) is 60.8 Å². The van der Waals surface area contributed by atoms with E-state index in [0.29, 0.717) is 19.3 Å². The summed E-state index contributed by atoms with van der Waals surface area (Å²) in [6.07, 6.45) is 49.9. The standard InChI is InChI=1S/C50H87NO7/c1-6-8-10-12-14-16-18-20-21-22-23-24-25-26-27-28-29-31-33-35-37-39-41-49(53)58-46(44-56-43-42-47(50(54)55)51(3,4)5)45-57-48(52)40-38-36-34-32-30-19-17-15-13-11-9-7-2/h9,11,15,17,22-23,25-26,30,32,46-47H,6-8,10,12-14,16,18-21,24,27-29,31,33-45H2,1-5H3/p+1/b11-9+,17-15+,23-22+,26-25+,32-30+. The van der Waals surface area contributed by atoms with Gasteiger partial charge < -0.3 is 23.8 Å². The molecular weight excluding hydrogens is 727 g/mol. The molecule has 2 atom stereocenters. The number of quaternary nitrogens is 1. The Morgan fingerprint density at radius 2 is 0.966 bits per heavy atom. The lowest BCUT2D eigenvalue weighted by molar-refractivity contribution is -0.887. The molecule has 0 aromatic heterocycles. The van der Waals surface area contributed by atoms with Gasteiger partial charge in [0.05, 0.1) is 34.4 Å². The number of aliphatic carboxylic acids is 1. The maximum Gasteiger partial charge on any atom is 0.362 e. The summed E-state index contributed by atoms with van der Waals surface area (Å²) in [5, 5.41) is 9.62. The van der Waals surface area contributed by atoms with Crippen molar-refractivity contribution in [2.75, 3.05) is 41.0 Å². The van der Waals surface area contributed by atoms with Crippen LogP contribution in [-0.4, -0.2) is 80.6 Å². The molecule has 0 aliphatic rings. The maximum absolute atomic E-state index is 12.7. The third-order valence-corrected chi connectivity index (χ3v) is 10.2. The highest BCUT2D eigenvalue weighted by Crippen LogP contribution is 2.14. The van der Waals surface area contributed by atoms with Crippen LogP contribution in [0, 0.1) is 0 Å². The van der Waals surface area contributed by atoms with Crippen LogP contribution in [0.2, 0.25) is 0 Å². The number of hydrogen-bond acceptors (Lipinski definition) is 6. The van der Waals surface area contributed by atoms with Crippen LogP contribution in [0.3, 0.4) is 0 Å². The summed E-state index contributed by atoms with van der Waals surface area (Å²) in [5.41, 5.74) is 0. The fourth-order valence-electron chi connectivity index (χ4n) is 6.55. The Hall–Kier alpha value is -2.97. The van der Waals surface area contributed by atoms with Crippen LogP contribution in [0.15, 0.2) is 60.8 Å². The lowest BCUT2D eigenvalue weighted by atomic mass is 10.1. The first-order valence-electron chi connectivity index (χ1n) is 23.3. The predicted octanol–water partition coefficient (Wildman–Crippen LogP) is 13.0. The van der Waals surface area contributed by atoms with Crippen LogP contribution >= 0.6 is 0 Å². The predicted molar refractivity (Wildman–Crippen MR) is 243 cm³/mol. The molecule has 58 heavy (non-hydrogen) atoms. The van der Waals surface area contributed by atoms with E-state index in [1.807, 2.05) is 21.1 Å². The van der Waals surface area contributed by atoms with Crippen molar-refractivity contribution in [1.82, 2.24) is 0 Å². The normalized spacial score (nSPS) is 13.5. The molecule has 334 valence electrons. The van der Waals surface area contributed by atoms with Crippen LogP contribution in [0.4, 0.5) is 0 Å². The van der Waals surface area contributed by atoms with E-state index in [-0.39, 0.29) is 36.2 Å². The molecule has 0 saturated carbocycles. The average molecular weight is 815 g/mol. The summed E-state index contributed by atoms with van der Waals surface area (Å²) in [5.74, 6) is -1.53. The van der Waals surface area contributed by atoms with Crippen LogP contribution in [0.5, 0.6) is 0 Å². The molecule has 0 aliphatic carbocycles. The Bertz CT molecular complexity index is 1130. The summed E-state index contributed by atoms with van der Waals surface area (Å²) < 4.78 is 17.2. The van der Waals surface area contributed by atoms with Gasteiger partial charge >= 0.3 is 17.9 Å². The summed E-state index contributed by atoms with van der Waals surface area (Å²) >= 11 is 0. The molecule has 0 fully saturated rings. The topological polar surface area (TPSA) is 99.1 Å². The number of hydrogen-bond donors (Lipinski definition) is 1. The number of ether oxygens (including phenoxy) is 3. The second kappa shape index (κ2) is 40.8. The minimum atomic E-state index is -0.883. The van der Waals surface area contributed by atoms with Crippen molar-refractivity contribution in [1.29, 1.82) is 0 Å². The van der Waals surface area contributed by atoms with Gasteiger partial charge in [0.15, 0.2) is 12.1 Å². The molecule has 0 bridgehead atoms. The Morgan fingerprint density at radius 1 is 0.534 bits per heavy atom. The van der Waals surface area contributed by atoms with E-state index < -0.39 is 18.1 Å². The van der Waals surface area contributed by atoms with E-state index in [2.05, 4.69) is 74.6 Å². The largest absolute Gasteiger partial charge is 0.477 e. The third kappa shape index (κ3) is 38.5. The van der Waals surface area contributed by atoms with Gasteiger partial charge in [0.2, 0.25) is 0 Å². The quantitative estimate of drug-likeness (QED) is 0.0284. The van der Waals surface area contributed by atoms with E-state index in [9.17, 15) is 19.5 Å². The Kier molecular flexibility index (Phi) is 38.7. The number of carboxylic acids is 1. The molecule has 8 heteroatoms. The van der Waals surface area contributed by atoms with Crippen molar-refractivity contribution >= 4 is 17.9 Å². The van der Waals surface area contributed by atoms with Crippen molar-refractivity contribution in [3.63, 3.8) is 0 Å². The average Bonchev–Trinajstić information content (AvgIpc) is 3.18. The second-order valence-electron chi connectivity index (χ2n) is 16.6. The highest BCUT2D eigenvalue weighted by molar-refractivity contribution is 5.72. The van der Waals surface area contributed by atoms with E-state index in [4.69, 9.17) is 14.2 Å². The van der Waals surface area contributed by atoms with Gasteiger partial charge in [-0.1, -0.05) is 152 Å².